The van der Waals surface area contributed by atoms with E-state index in [0.29, 0.717) is 12.1 Å². The van der Waals surface area contributed by atoms with Gasteiger partial charge in [0.25, 0.3) is 0 Å². The van der Waals surface area contributed by atoms with Crippen LogP contribution in [0.3, 0.4) is 0 Å². The van der Waals surface area contributed by atoms with Crippen molar-refractivity contribution in [1.29, 1.82) is 0 Å². The van der Waals surface area contributed by atoms with E-state index in [2.05, 4.69) is 15.3 Å². The second kappa shape index (κ2) is 6.98. The molecule has 2 aromatic heterocycles. The molecule has 0 aliphatic rings. The van der Waals surface area contributed by atoms with Crippen LogP contribution >= 0.6 is 0 Å². The highest BCUT2D eigenvalue weighted by Crippen LogP contribution is 2.10. The van der Waals surface area contributed by atoms with E-state index in [9.17, 15) is 9.18 Å². The number of urea groups is 1. The molecule has 2 aromatic rings. The van der Waals surface area contributed by atoms with Crippen LogP contribution < -0.4 is 5.32 Å². The lowest BCUT2D eigenvalue weighted by atomic mass is 10.1. The molecule has 1 N–H and O–H groups in total. The zero-order valence-electron chi connectivity index (χ0n) is 12.9. The van der Waals surface area contributed by atoms with E-state index in [0.717, 1.165) is 11.3 Å². The molecule has 1 unspecified atom stereocenters. The maximum absolute atomic E-state index is 12.7. The Morgan fingerprint density at radius 3 is 2.77 bits per heavy atom. The van der Waals surface area contributed by atoms with Crippen molar-refractivity contribution in [3.05, 3.63) is 53.9 Å². The second-order valence-corrected chi connectivity index (χ2v) is 5.29. The minimum atomic E-state index is -0.578. The molecule has 2 rings (SSSR count). The van der Waals surface area contributed by atoms with Crippen LogP contribution in [-0.2, 0) is 6.42 Å². The Kier molecular flexibility index (Phi) is 5.04. The second-order valence-electron chi connectivity index (χ2n) is 5.29. The molecular weight excluding hydrogens is 283 g/mol. The lowest BCUT2D eigenvalue weighted by molar-refractivity contribution is 0.207. The van der Waals surface area contributed by atoms with E-state index in [4.69, 9.17) is 0 Å². The van der Waals surface area contributed by atoms with Crippen molar-refractivity contribution in [2.75, 3.05) is 12.4 Å². The Morgan fingerprint density at radius 1 is 1.36 bits per heavy atom. The number of likely N-dealkylation sites (N-methyl/N-ethyl adjacent to an activating group) is 1. The van der Waals surface area contributed by atoms with Gasteiger partial charge in [0.15, 0.2) is 0 Å². The average molecular weight is 302 g/mol. The third-order valence-corrected chi connectivity index (χ3v) is 3.44. The van der Waals surface area contributed by atoms with Gasteiger partial charge >= 0.3 is 6.03 Å². The molecule has 0 saturated heterocycles. The maximum Gasteiger partial charge on any atom is 0.321 e. The zero-order valence-corrected chi connectivity index (χ0v) is 12.9. The largest absolute Gasteiger partial charge is 0.324 e. The molecule has 116 valence electrons. The third-order valence-electron chi connectivity index (χ3n) is 3.44. The van der Waals surface area contributed by atoms with Crippen molar-refractivity contribution < 1.29 is 9.18 Å². The number of halogens is 1. The minimum absolute atomic E-state index is 0.0253. The van der Waals surface area contributed by atoms with Crippen LogP contribution in [0, 0.1) is 12.9 Å². The number of aromatic nitrogens is 2. The monoisotopic (exact) mass is 302 g/mol. The fourth-order valence-electron chi connectivity index (χ4n) is 2.01. The molecule has 0 spiro atoms. The number of pyridine rings is 2. The molecule has 22 heavy (non-hydrogen) atoms. The molecule has 2 amide bonds. The van der Waals surface area contributed by atoms with Crippen molar-refractivity contribution in [2.45, 2.75) is 26.3 Å². The van der Waals surface area contributed by atoms with Gasteiger partial charge in [0, 0.05) is 31.4 Å². The Morgan fingerprint density at radius 2 is 2.14 bits per heavy atom. The summed E-state index contributed by atoms with van der Waals surface area (Å²) in [7, 11) is 1.72. The van der Waals surface area contributed by atoms with Crippen LogP contribution in [0.5, 0.6) is 0 Å². The maximum atomic E-state index is 12.7. The van der Waals surface area contributed by atoms with Gasteiger partial charge in [0.2, 0.25) is 5.95 Å². The molecule has 0 aliphatic carbocycles. The molecule has 0 aromatic carbocycles. The quantitative estimate of drug-likeness (QED) is 0.883. The van der Waals surface area contributed by atoms with Crippen molar-refractivity contribution >= 4 is 11.7 Å². The summed E-state index contributed by atoms with van der Waals surface area (Å²) in [6.45, 7) is 3.96. The summed E-state index contributed by atoms with van der Waals surface area (Å²) in [4.78, 5) is 21.6. The number of hydrogen-bond donors (Lipinski definition) is 1. The van der Waals surface area contributed by atoms with Gasteiger partial charge in [0.05, 0.1) is 11.9 Å². The van der Waals surface area contributed by atoms with Crippen LogP contribution in [-0.4, -0.2) is 34.0 Å². The van der Waals surface area contributed by atoms with Crippen molar-refractivity contribution in [3.63, 3.8) is 0 Å². The highest BCUT2D eigenvalue weighted by atomic mass is 19.1. The smallest absolute Gasteiger partial charge is 0.321 e. The summed E-state index contributed by atoms with van der Waals surface area (Å²) < 4.78 is 12.7. The summed E-state index contributed by atoms with van der Waals surface area (Å²) in [5.41, 5.74) is 2.54. The summed E-state index contributed by atoms with van der Waals surface area (Å²) in [6, 6.07) is 6.32. The first-order valence-corrected chi connectivity index (χ1v) is 7.02. The molecule has 0 fully saturated rings. The number of nitrogens with zero attached hydrogens (tertiary/aromatic N) is 3. The van der Waals surface area contributed by atoms with Gasteiger partial charge in [-0.25, -0.2) is 9.78 Å². The van der Waals surface area contributed by atoms with Gasteiger partial charge in [-0.05, 0) is 43.7 Å². The first-order chi connectivity index (χ1) is 10.5. The first kappa shape index (κ1) is 15.9. The van der Waals surface area contributed by atoms with E-state index >= 15 is 0 Å². The molecule has 0 saturated carbocycles. The number of aryl methyl sites for hydroxylation is 1. The van der Waals surface area contributed by atoms with Gasteiger partial charge in [-0.15, -0.1) is 0 Å². The predicted molar refractivity (Wildman–Crippen MR) is 83.1 cm³/mol. The van der Waals surface area contributed by atoms with E-state index in [1.165, 1.54) is 18.3 Å². The summed E-state index contributed by atoms with van der Waals surface area (Å²) in [5, 5.41) is 2.68. The fraction of sp³-hybridized carbons (Fsp3) is 0.312. The third kappa shape index (κ3) is 4.25. The van der Waals surface area contributed by atoms with Crippen LogP contribution in [0.2, 0.25) is 0 Å². The van der Waals surface area contributed by atoms with Crippen LogP contribution in [0.4, 0.5) is 14.9 Å². The predicted octanol–water partition coefficient (Wildman–Crippen LogP) is 3.02. The normalized spacial score (nSPS) is 11.8. The van der Waals surface area contributed by atoms with E-state index in [1.54, 1.807) is 18.1 Å². The standard InChI is InChI=1S/C16H19FN4O/c1-11-6-7-18-14(8-11)9-12(2)21(3)16(22)20-13-4-5-15(17)19-10-13/h4-8,10,12H,9H2,1-3H3,(H,20,22). The number of nitrogens with one attached hydrogen (secondary N) is 1. The molecule has 0 aliphatic heterocycles. The van der Waals surface area contributed by atoms with E-state index in [1.807, 2.05) is 26.0 Å². The Balaban J connectivity index is 1.95. The number of rotatable bonds is 4. The summed E-state index contributed by atoms with van der Waals surface area (Å²) >= 11 is 0. The molecule has 2 heterocycles. The number of carbonyl (C=O) groups excluding carboxylic acids is 1. The number of hydrogen-bond acceptors (Lipinski definition) is 3. The average Bonchev–Trinajstić information content (AvgIpc) is 2.48. The molecule has 1 atom stereocenters. The lowest BCUT2D eigenvalue weighted by Gasteiger charge is -2.25. The SMILES string of the molecule is Cc1ccnc(CC(C)N(C)C(=O)Nc2ccc(F)nc2)c1. The Labute approximate surface area is 129 Å². The van der Waals surface area contributed by atoms with Gasteiger partial charge in [-0.2, -0.15) is 4.39 Å². The molecular formula is C16H19FN4O. The Hall–Kier alpha value is -2.50. The summed E-state index contributed by atoms with van der Waals surface area (Å²) in [6.07, 6.45) is 3.71. The number of carbonyl (C=O) groups is 1. The number of amides is 2. The molecule has 0 bridgehead atoms. The highest BCUT2D eigenvalue weighted by molar-refractivity contribution is 5.89. The van der Waals surface area contributed by atoms with Gasteiger partial charge in [-0.1, -0.05) is 0 Å². The fourth-order valence-corrected chi connectivity index (χ4v) is 2.01. The van der Waals surface area contributed by atoms with Crippen LogP contribution in [0.1, 0.15) is 18.2 Å². The molecule has 6 heteroatoms. The van der Waals surface area contributed by atoms with Crippen molar-refractivity contribution in [1.82, 2.24) is 14.9 Å². The van der Waals surface area contributed by atoms with Gasteiger partial charge in [-0.3, -0.25) is 4.98 Å². The first-order valence-electron chi connectivity index (χ1n) is 7.02. The number of anilines is 1. The van der Waals surface area contributed by atoms with Gasteiger partial charge in [0.1, 0.15) is 0 Å². The minimum Gasteiger partial charge on any atom is -0.324 e. The molecule has 0 radical (unpaired) electrons. The van der Waals surface area contributed by atoms with Crippen LogP contribution in [0.25, 0.3) is 0 Å². The molecule has 5 nitrogen and oxygen atoms in total. The van der Waals surface area contributed by atoms with Crippen molar-refractivity contribution in [2.24, 2.45) is 0 Å². The zero-order chi connectivity index (χ0) is 16.1. The summed E-state index contributed by atoms with van der Waals surface area (Å²) in [5.74, 6) is -0.578. The van der Waals surface area contributed by atoms with E-state index < -0.39 is 5.95 Å². The van der Waals surface area contributed by atoms with Crippen LogP contribution in [0.15, 0.2) is 36.7 Å². The van der Waals surface area contributed by atoms with E-state index in [-0.39, 0.29) is 12.1 Å². The highest BCUT2D eigenvalue weighted by Gasteiger charge is 2.17. The van der Waals surface area contributed by atoms with Gasteiger partial charge < -0.3 is 10.2 Å². The lowest BCUT2D eigenvalue weighted by Crippen LogP contribution is -2.39. The topological polar surface area (TPSA) is 58.1 Å². The van der Waals surface area contributed by atoms with Crippen molar-refractivity contribution in [3.8, 4) is 0 Å². The Bertz CT molecular complexity index is 645.